The third-order valence-corrected chi connectivity index (χ3v) is 4.03. The fourth-order valence-electron chi connectivity index (χ4n) is 2.93. The number of hydrogen-bond acceptors (Lipinski definition) is 3. The van der Waals surface area contributed by atoms with Crippen molar-refractivity contribution >= 4 is 0 Å². The first-order valence-corrected chi connectivity index (χ1v) is 6.96. The summed E-state index contributed by atoms with van der Waals surface area (Å²) in [6.45, 7) is 3.92. The normalized spacial score (nSPS) is 38.6. The van der Waals surface area contributed by atoms with E-state index in [1.165, 1.54) is 12.8 Å². The van der Waals surface area contributed by atoms with Crippen LogP contribution in [-0.4, -0.2) is 19.5 Å². The van der Waals surface area contributed by atoms with Crippen LogP contribution in [0.1, 0.15) is 45.4 Å². The van der Waals surface area contributed by atoms with Gasteiger partial charge in [-0.3, -0.25) is 0 Å². The molecule has 1 aliphatic heterocycles. The third kappa shape index (κ3) is 3.43. The van der Waals surface area contributed by atoms with Gasteiger partial charge in [-0.1, -0.05) is 13.3 Å². The molecule has 0 unspecified atom stereocenters. The lowest BCUT2D eigenvalue weighted by atomic mass is 9.82. The van der Waals surface area contributed by atoms with Crippen molar-refractivity contribution in [2.45, 2.75) is 51.7 Å². The van der Waals surface area contributed by atoms with Crippen molar-refractivity contribution in [1.82, 2.24) is 0 Å². The van der Waals surface area contributed by atoms with Crippen molar-refractivity contribution in [2.24, 2.45) is 17.8 Å². The van der Waals surface area contributed by atoms with Crippen LogP contribution in [-0.2, 0) is 9.47 Å². The zero-order valence-electron chi connectivity index (χ0n) is 10.7. The molecule has 17 heavy (non-hydrogen) atoms. The largest absolute Gasteiger partial charge is 0.352 e. The monoisotopic (exact) mass is 237 g/mol. The van der Waals surface area contributed by atoms with Crippen LogP contribution in [0, 0.1) is 29.1 Å². The number of nitrogens with zero attached hydrogens (tertiary/aromatic N) is 1. The van der Waals surface area contributed by atoms with E-state index >= 15 is 0 Å². The highest BCUT2D eigenvalue weighted by Gasteiger charge is 2.32. The van der Waals surface area contributed by atoms with Crippen LogP contribution in [0.25, 0.3) is 0 Å². The highest BCUT2D eigenvalue weighted by Crippen LogP contribution is 2.33. The standard InChI is InChI=1S/C14H23NO2/c1-2-3-12-9-16-14(17-10-12)13-6-4-11(8-15)5-7-13/h11-14H,2-7,9-10H2,1H3/t11-,12-,13-,14-. The van der Waals surface area contributed by atoms with Gasteiger partial charge in [-0.25, -0.2) is 0 Å². The van der Waals surface area contributed by atoms with Gasteiger partial charge in [0.05, 0.1) is 19.3 Å². The Morgan fingerprint density at radius 1 is 1.12 bits per heavy atom. The van der Waals surface area contributed by atoms with E-state index in [0.717, 1.165) is 38.9 Å². The molecule has 3 nitrogen and oxygen atoms in total. The predicted octanol–water partition coefficient (Wildman–Crippen LogP) is 3.11. The lowest BCUT2D eigenvalue weighted by molar-refractivity contribution is -0.229. The van der Waals surface area contributed by atoms with Crippen LogP contribution in [0.4, 0.5) is 0 Å². The first-order valence-electron chi connectivity index (χ1n) is 6.96. The number of ether oxygens (including phenoxy) is 2. The van der Waals surface area contributed by atoms with E-state index in [9.17, 15) is 0 Å². The molecule has 0 spiro atoms. The Balaban J connectivity index is 1.72. The first kappa shape index (κ1) is 12.9. The van der Waals surface area contributed by atoms with Crippen molar-refractivity contribution < 1.29 is 9.47 Å². The van der Waals surface area contributed by atoms with E-state index in [4.69, 9.17) is 14.7 Å². The van der Waals surface area contributed by atoms with Gasteiger partial charge in [0.25, 0.3) is 0 Å². The molecule has 0 aromatic rings. The molecular weight excluding hydrogens is 214 g/mol. The fraction of sp³-hybridized carbons (Fsp3) is 0.929. The molecule has 1 saturated carbocycles. The summed E-state index contributed by atoms with van der Waals surface area (Å²) >= 11 is 0. The van der Waals surface area contributed by atoms with Gasteiger partial charge in [-0.15, -0.1) is 0 Å². The third-order valence-electron chi connectivity index (χ3n) is 4.03. The molecule has 0 amide bonds. The Morgan fingerprint density at radius 2 is 1.76 bits per heavy atom. The molecule has 0 aromatic heterocycles. The summed E-state index contributed by atoms with van der Waals surface area (Å²) in [5.41, 5.74) is 0. The van der Waals surface area contributed by atoms with E-state index in [1.807, 2.05) is 0 Å². The molecule has 0 bridgehead atoms. The molecule has 2 rings (SSSR count). The quantitative estimate of drug-likeness (QED) is 0.757. The van der Waals surface area contributed by atoms with Crippen molar-refractivity contribution in [2.75, 3.05) is 13.2 Å². The van der Waals surface area contributed by atoms with Crippen molar-refractivity contribution in [3.05, 3.63) is 0 Å². The predicted molar refractivity (Wildman–Crippen MR) is 65.2 cm³/mol. The molecule has 1 saturated heterocycles. The zero-order valence-corrected chi connectivity index (χ0v) is 10.7. The highest BCUT2D eigenvalue weighted by molar-refractivity contribution is 4.88. The van der Waals surface area contributed by atoms with Crippen molar-refractivity contribution in [3.8, 4) is 6.07 Å². The van der Waals surface area contributed by atoms with Gasteiger partial charge < -0.3 is 9.47 Å². The molecule has 96 valence electrons. The van der Waals surface area contributed by atoms with E-state index in [0.29, 0.717) is 11.8 Å². The van der Waals surface area contributed by atoms with Crippen LogP contribution in [0.5, 0.6) is 0 Å². The highest BCUT2D eigenvalue weighted by atomic mass is 16.7. The first-order chi connectivity index (χ1) is 8.33. The summed E-state index contributed by atoms with van der Waals surface area (Å²) in [6, 6.07) is 2.37. The molecule has 3 heteroatoms. The number of hydrogen-bond donors (Lipinski definition) is 0. The maximum Gasteiger partial charge on any atom is 0.160 e. The maximum atomic E-state index is 8.87. The molecule has 1 heterocycles. The Bertz CT molecular complexity index is 258. The van der Waals surface area contributed by atoms with Gasteiger partial charge in [0.2, 0.25) is 0 Å². The minimum Gasteiger partial charge on any atom is -0.352 e. The SMILES string of the molecule is CCC[C@H]1CO[C@H]([C@H]2CC[C@H](C#N)CC2)OC1. The van der Waals surface area contributed by atoms with Crippen LogP contribution >= 0.6 is 0 Å². The minimum atomic E-state index is 0.00255. The van der Waals surface area contributed by atoms with E-state index in [2.05, 4.69) is 13.0 Å². The Labute approximate surface area is 104 Å². The lowest BCUT2D eigenvalue weighted by Crippen LogP contribution is -2.38. The van der Waals surface area contributed by atoms with E-state index in [-0.39, 0.29) is 12.2 Å². The second-order valence-corrected chi connectivity index (χ2v) is 5.43. The topological polar surface area (TPSA) is 42.2 Å². The van der Waals surface area contributed by atoms with Crippen LogP contribution < -0.4 is 0 Å². The van der Waals surface area contributed by atoms with Gasteiger partial charge in [0.1, 0.15) is 0 Å². The van der Waals surface area contributed by atoms with E-state index < -0.39 is 0 Å². The Kier molecular flexibility index (Phi) is 4.82. The number of rotatable bonds is 3. The summed E-state index contributed by atoms with van der Waals surface area (Å²) in [5.74, 6) is 1.37. The average molecular weight is 237 g/mol. The van der Waals surface area contributed by atoms with Gasteiger partial charge in [-0.05, 0) is 32.1 Å². The van der Waals surface area contributed by atoms with Crippen LogP contribution in [0.3, 0.4) is 0 Å². The number of nitriles is 1. The van der Waals surface area contributed by atoms with Crippen LogP contribution in [0.2, 0.25) is 0 Å². The molecule has 2 fully saturated rings. The minimum absolute atomic E-state index is 0.00255. The maximum absolute atomic E-state index is 8.87. The van der Waals surface area contributed by atoms with Gasteiger partial charge in [0, 0.05) is 17.8 Å². The van der Waals surface area contributed by atoms with Gasteiger partial charge >= 0.3 is 0 Å². The Morgan fingerprint density at radius 3 is 2.29 bits per heavy atom. The zero-order chi connectivity index (χ0) is 12.1. The summed E-state index contributed by atoms with van der Waals surface area (Å²) in [7, 11) is 0. The van der Waals surface area contributed by atoms with Crippen molar-refractivity contribution in [3.63, 3.8) is 0 Å². The average Bonchev–Trinajstić information content (AvgIpc) is 2.40. The smallest absolute Gasteiger partial charge is 0.160 e. The summed E-state index contributed by atoms with van der Waals surface area (Å²) in [4.78, 5) is 0. The molecule has 0 radical (unpaired) electrons. The second-order valence-electron chi connectivity index (χ2n) is 5.43. The van der Waals surface area contributed by atoms with Gasteiger partial charge in [0.15, 0.2) is 6.29 Å². The molecule has 0 aromatic carbocycles. The molecule has 0 atom stereocenters. The second kappa shape index (κ2) is 6.37. The van der Waals surface area contributed by atoms with Crippen LogP contribution in [0.15, 0.2) is 0 Å². The fourth-order valence-corrected chi connectivity index (χ4v) is 2.93. The molecule has 1 aliphatic carbocycles. The molecular formula is C14H23NO2. The van der Waals surface area contributed by atoms with Gasteiger partial charge in [-0.2, -0.15) is 5.26 Å². The molecule has 0 N–H and O–H groups in total. The summed E-state index contributed by atoms with van der Waals surface area (Å²) < 4.78 is 11.7. The van der Waals surface area contributed by atoms with E-state index in [1.54, 1.807) is 0 Å². The van der Waals surface area contributed by atoms with Crippen molar-refractivity contribution in [1.29, 1.82) is 5.26 Å². The lowest BCUT2D eigenvalue weighted by Gasteiger charge is -2.36. The summed E-state index contributed by atoms with van der Waals surface area (Å²) in [6.07, 6.45) is 6.61. The molecule has 2 aliphatic rings. The summed E-state index contributed by atoms with van der Waals surface area (Å²) in [5, 5.41) is 8.87. The Hall–Kier alpha value is -0.590.